The van der Waals surface area contributed by atoms with Gasteiger partial charge in [0.2, 0.25) is 0 Å². The minimum atomic E-state index is -4.62. The first kappa shape index (κ1) is 12.7. The number of morpholine rings is 1. The monoisotopic (exact) mass is 229 g/mol. The molecule has 0 bridgehead atoms. The van der Waals surface area contributed by atoms with Gasteiger partial charge in [0.1, 0.15) is 0 Å². The summed E-state index contributed by atoms with van der Waals surface area (Å²) in [5.41, 5.74) is 0. The average molecular weight is 229 g/mol. The molecule has 4 nitrogen and oxygen atoms in total. The maximum Gasteiger partial charge on any atom is 0.416 e. The third-order valence-corrected chi connectivity index (χ3v) is 1.96. The zero-order valence-corrected chi connectivity index (χ0v) is 8.09. The number of alkyl halides is 3. The van der Waals surface area contributed by atoms with E-state index < -0.39 is 18.9 Å². The Hall–Kier alpha value is -0.370. The summed E-state index contributed by atoms with van der Waals surface area (Å²) in [6.07, 6.45) is -7.28. The molecule has 2 atom stereocenters. The molecule has 1 aliphatic heterocycles. The fraction of sp³-hybridized carbons (Fsp3) is 1.00. The summed E-state index contributed by atoms with van der Waals surface area (Å²) >= 11 is 0. The zero-order valence-electron chi connectivity index (χ0n) is 8.09. The highest BCUT2D eigenvalue weighted by molar-refractivity contribution is 4.68. The van der Waals surface area contributed by atoms with Crippen molar-refractivity contribution in [3.05, 3.63) is 0 Å². The number of hydrogen-bond acceptors (Lipinski definition) is 4. The molecule has 0 amide bonds. The van der Waals surface area contributed by atoms with Gasteiger partial charge in [-0.05, 0) is 0 Å². The Balaban J connectivity index is 2.10. The molecule has 2 unspecified atom stereocenters. The van der Waals surface area contributed by atoms with E-state index in [1.165, 1.54) is 0 Å². The lowest BCUT2D eigenvalue weighted by Gasteiger charge is -2.24. The number of nitrogens with one attached hydrogen (secondary N) is 1. The Morgan fingerprint density at radius 1 is 1.53 bits per heavy atom. The number of rotatable bonds is 4. The second kappa shape index (κ2) is 5.64. The maximum absolute atomic E-state index is 11.8. The van der Waals surface area contributed by atoms with Crippen LogP contribution in [0.15, 0.2) is 0 Å². The highest BCUT2D eigenvalue weighted by Crippen LogP contribution is 2.20. The Kier molecular flexibility index (Phi) is 4.78. The Morgan fingerprint density at radius 3 is 2.80 bits per heavy atom. The van der Waals surface area contributed by atoms with Crippen molar-refractivity contribution in [3.8, 4) is 0 Å². The molecule has 1 saturated heterocycles. The summed E-state index contributed by atoms with van der Waals surface area (Å²) in [4.78, 5) is 0. The van der Waals surface area contributed by atoms with Crippen LogP contribution in [0.25, 0.3) is 0 Å². The molecule has 1 heterocycles. The topological polar surface area (TPSA) is 50.7 Å². The Labute approximate surface area is 85.4 Å². The molecule has 0 spiro atoms. The molecule has 1 rings (SSSR count). The van der Waals surface area contributed by atoms with Crippen molar-refractivity contribution in [2.45, 2.75) is 18.4 Å². The molecule has 15 heavy (non-hydrogen) atoms. The minimum Gasteiger partial charge on any atom is -0.382 e. The van der Waals surface area contributed by atoms with Gasteiger partial charge in [-0.3, -0.25) is 0 Å². The van der Waals surface area contributed by atoms with Gasteiger partial charge in [-0.15, -0.1) is 0 Å². The van der Waals surface area contributed by atoms with Crippen LogP contribution in [-0.4, -0.2) is 56.4 Å². The van der Waals surface area contributed by atoms with E-state index in [4.69, 9.17) is 14.6 Å². The molecule has 0 aliphatic carbocycles. The van der Waals surface area contributed by atoms with Crippen molar-refractivity contribution < 1.29 is 27.8 Å². The van der Waals surface area contributed by atoms with E-state index in [-0.39, 0.29) is 12.7 Å². The third-order valence-electron chi connectivity index (χ3n) is 1.96. The summed E-state index contributed by atoms with van der Waals surface area (Å²) in [7, 11) is 0. The van der Waals surface area contributed by atoms with Gasteiger partial charge >= 0.3 is 6.18 Å². The molecule has 0 radical (unpaired) electrons. The highest BCUT2D eigenvalue weighted by Gasteiger charge is 2.38. The van der Waals surface area contributed by atoms with Gasteiger partial charge in [0.25, 0.3) is 0 Å². The molecule has 0 aromatic heterocycles. The van der Waals surface area contributed by atoms with E-state index >= 15 is 0 Å². The molecular weight excluding hydrogens is 215 g/mol. The zero-order chi connectivity index (χ0) is 11.3. The Morgan fingerprint density at radius 2 is 2.27 bits per heavy atom. The number of hydrogen-bond donors (Lipinski definition) is 2. The van der Waals surface area contributed by atoms with Gasteiger partial charge in [-0.2, -0.15) is 13.2 Å². The van der Waals surface area contributed by atoms with E-state index in [0.717, 1.165) is 6.54 Å². The van der Waals surface area contributed by atoms with Crippen LogP contribution in [0.4, 0.5) is 13.2 Å². The molecule has 2 N–H and O–H groups in total. The van der Waals surface area contributed by atoms with Crippen LogP contribution >= 0.6 is 0 Å². The number of ether oxygens (including phenoxy) is 2. The fourth-order valence-corrected chi connectivity index (χ4v) is 1.13. The number of aliphatic hydroxyl groups is 1. The van der Waals surface area contributed by atoms with E-state index in [1.807, 2.05) is 0 Å². The van der Waals surface area contributed by atoms with Crippen LogP contribution in [0.1, 0.15) is 0 Å². The van der Waals surface area contributed by atoms with Gasteiger partial charge in [0.15, 0.2) is 6.10 Å². The number of aliphatic hydroxyl groups excluding tert-OH is 1. The van der Waals surface area contributed by atoms with Gasteiger partial charge in [0, 0.05) is 13.1 Å². The molecule has 0 aromatic rings. The molecule has 90 valence electrons. The van der Waals surface area contributed by atoms with E-state index in [1.54, 1.807) is 0 Å². The lowest BCUT2D eigenvalue weighted by atomic mass is 10.3. The lowest BCUT2D eigenvalue weighted by Crippen LogP contribution is -2.42. The predicted molar refractivity (Wildman–Crippen MR) is 45.5 cm³/mol. The first-order valence-corrected chi connectivity index (χ1v) is 4.65. The van der Waals surface area contributed by atoms with E-state index in [9.17, 15) is 13.2 Å². The maximum atomic E-state index is 11.8. The quantitative estimate of drug-likeness (QED) is 0.707. The fourth-order valence-electron chi connectivity index (χ4n) is 1.13. The van der Waals surface area contributed by atoms with Crippen LogP contribution in [0.3, 0.4) is 0 Å². The SMILES string of the molecule is OC(COCC1CNCCO1)C(F)(F)F. The second-order valence-corrected chi connectivity index (χ2v) is 3.29. The van der Waals surface area contributed by atoms with Crippen molar-refractivity contribution in [1.29, 1.82) is 0 Å². The average Bonchev–Trinajstić information content (AvgIpc) is 2.18. The number of halogens is 3. The summed E-state index contributed by atoms with van der Waals surface area (Å²) < 4.78 is 45.4. The lowest BCUT2D eigenvalue weighted by molar-refractivity contribution is -0.219. The van der Waals surface area contributed by atoms with Crippen LogP contribution in [-0.2, 0) is 9.47 Å². The highest BCUT2D eigenvalue weighted by atomic mass is 19.4. The van der Waals surface area contributed by atoms with E-state index in [2.05, 4.69) is 5.32 Å². The van der Waals surface area contributed by atoms with Crippen molar-refractivity contribution in [2.75, 3.05) is 32.9 Å². The summed E-state index contributed by atoms with van der Waals surface area (Å²) in [6.45, 7) is 1.13. The van der Waals surface area contributed by atoms with Crippen molar-refractivity contribution in [2.24, 2.45) is 0 Å². The van der Waals surface area contributed by atoms with Crippen molar-refractivity contribution in [3.63, 3.8) is 0 Å². The minimum absolute atomic E-state index is 0.0557. The molecule has 0 aromatic carbocycles. The van der Waals surface area contributed by atoms with Crippen LogP contribution in [0.5, 0.6) is 0 Å². The van der Waals surface area contributed by atoms with Crippen LogP contribution in [0.2, 0.25) is 0 Å². The summed E-state index contributed by atoms with van der Waals surface area (Å²) in [6, 6.07) is 0. The van der Waals surface area contributed by atoms with Gasteiger partial charge < -0.3 is 19.9 Å². The first-order chi connectivity index (χ1) is 7.00. The summed E-state index contributed by atoms with van der Waals surface area (Å²) in [5, 5.41) is 11.6. The van der Waals surface area contributed by atoms with E-state index in [0.29, 0.717) is 13.2 Å². The predicted octanol–water partition coefficient (Wildman–Crippen LogP) is -0.0854. The first-order valence-electron chi connectivity index (χ1n) is 4.65. The van der Waals surface area contributed by atoms with Gasteiger partial charge in [-0.1, -0.05) is 0 Å². The Bertz CT molecular complexity index is 182. The van der Waals surface area contributed by atoms with Gasteiger partial charge in [0.05, 0.1) is 25.9 Å². The van der Waals surface area contributed by atoms with Crippen molar-refractivity contribution in [1.82, 2.24) is 5.32 Å². The van der Waals surface area contributed by atoms with Crippen LogP contribution in [0, 0.1) is 0 Å². The molecule has 0 saturated carbocycles. The largest absolute Gasteiger partial charge is 0.416 e. The summed E-state index contributed by atoms with van der Waals surface area (Å²) in [5.74, 6) is 0. The normalized spacial score (nSPS) is 25.2. The molecule has 1 aliphatic rings. The van der Waals surface area contributed by atoms with Crippen molar-refractivity contribution >= 4 is 0 Å². The second-order valence-electron chi connectivity index (χ2n) is 3.29. The van der Waals surface area contributed by atoms with Gasteiger partial charge in [-0.25, -0.2) is 0 Å². The third kappa shape index (κ3) is 4.78. The standard InChI is InChI=1S/C8H14F3NO3/c9-8(10,11)7(13)5-14-4-6-3-12-1-2-15-6/h6-7,12-13H,1-5H2. The smallest absolute Gasteiger partial charge is 0.382 e. The molecular formula is C8H14F3NO3. The molecule has 7 heteroatoms. The van der Waals surface area contributed by atoms with Crippen LogP contribution < -0.4 is 5.32 Å². The molecule has 1 fully saturated rings.